The molecule has 2 atom stereocenters. The van der Waals surface area contributed by atoms with Gasteiger partial charge in [-0.1, -0.05) is 25.8 Å². The quantitative estimate of drug-likeness (QED) is 0.618. The highest BCUT2D eigenvalue weighted by molar-refractivity contribution is 5.94. The lowest BCUT2D eigenvalue weighted by atomic mass is 9.77. The lowest BCUT2D eigenvalue weighted by Crippen LogP contribution is -2.40. The van der Waals surface area contributed by atoms with E-state index in [9.17, 15) is 14.7 Å². The molecule has 0 unspecified atom stereocenters. The van der Waals surface area contributed by atoms with Crippen LogP contribution in [0.3, 0.4) is 0 Å². The molecule has 1 aliphatic carbocycles. The summed E-state index contributed by atoms with van der Waals surface area (Å²) in [6.45, 7) is 6.12. The van der Waals surface area contributed by atoms with Gasteiger partial charge in [-0.15, -0.1) is 0 Å². The average Bonchev–Trinajstić information content (AvgIpc) is 2.94. The Morgan fingerprint density at radius 3 is 2.80 bits per heavy atom. The number of carbonyl (C=O) groups is 2. The van der Waals surface area contributed by atoms with E-state index in [2.05, 4.69) is 6.92 Å². The van der Waals surface area contributed by atoms with Crippen molar-refractivity contribution in [1.29, 1.82) is 0 Å². The van der Waals surface area contributed by atoms with Crippen molar-refractivity contribution in [3.63, 3.8) is 0 Å². The summed E-state index contributed by atoms with van der Waals surface area (Å²) in [4.78, 5) is 24.1. The van der Waals surface area contributed by atoms with Crippen molar-refractivity contribution in [2.24, 2.45) is 5.92 Å². The summed E-state index contributed by atoms with van der Waals surface area (Å²) in [5.74, 6) is 0.519. The second-order valence-corrected chi connectivity index (χ2v) is 7.64. The van der Waals surface area contributed by atoms with Crippen LogP contribution in [0.2, 0.25) is 0 Å². The van der Waals surface area contributed by atoms with Crippen LogP contribution in [0.1, 0.15) is 73.9 Å². The van der Waals surface area contributed by atoms with Crippen LogP contribution >= 0.6 is 0 Å². The number of rotatable bonds is 6. The predicted octanol–water partition coefficient (Wildman–Crippen LogP) is 4.30. The molecule has 4 heteroatoms. The van der Waals surface area contributed by atoms with Crippen LogP contribution in [0.4, 0.5) is 0 Å². The Balaban J connectivity index is 1.99. The van der Waals surface area contributed by atoms with E-state index in [0.29, 0.717) is 17.7 Å². The van der Waals surface area contributed by atoms with Crippen LogP contribution in [0, 0.1) is 5.92 Å². The highest BCUT2D eigenvalue weighted by Gasteiger charge is 2.47. The largest absolute Gasteiger partial charge is 0.507 e. The summed E-state index contributed by atoms with van der Waals surface area (Å²) in [5.41, 5.74) is 1.76. The number of benzene rings is 1. The number of phenols is 1. The minimum atomic E-state index is -0.496. The molecular formula is C21H26O4. The third-order valence-electron chi connectivity index (χ3n) is 5.56. The second kappa shape index (κ2) is 6.66. The topological polar surface area (TPSA) is 63.6 Å². The molecular weight excluding hydrogens is 316 g/mol. The summed E-state index contributed by atoms with van der Waals surface area (Å²) >= 11 is 0. The van der Waals surface area contributed by atoms with Crippen LogP contribution < -0.4 is 0 Å². The molecule has 1 heterocycles. The zero-order valence-electron chi connectivity index (χ0n) is 15.2. The van der Waals surface area contributed by atoms with Crippen molar-refractivity contribution < 1.29 is 19.4 Å². The Bertz CT molecular complexity index is 730. The fourth-order valence-corrected chi connectivity index (χ4v) is 4.17. The van der Waals surface area contributed by atoms with Gasteiger partial charge in [0.25, 0.3) is 0 Å². The second-order valence-electron chi connectivity index (χ2n) is 7.64. The Morgan fingerprint density at radius 1 is 1.36 bits per heavy atom. The van der Waals surface area contributed by atoms with Crippen LogP contribution in [-0.2, 0) is 16.0 Å². The van der Waals surface area contributed by atoms with Gasteiger partial charge in [-0.3, -0.25) is 9.59 Å². The minimum Gasteiger partial charge on any atom is -0.507 e. The maximum Gasteiger partial charge on any atom is 0.197 e. The number of carbonyl (C=O) groups excluding carboxylic acids is 2. The van der Waals surface area contributed by atoms with Crippen LogP contribution in [0.25, 0.3) is 0 Å². The first-order valence-electron chi connectivity index (χ1n) is 9.13. The molecule has 3 rings (SSSR count). The molecule has 0 radical (unpaired) electrons. The SMILES string of the molecule is CCCCCC(=O)C1=C[C@@H]2c3c(ccc(O)c3C=O)C[C@@H]2C(C)(C)O1. The van der Waals surface area contributed by atoms with E-state index in [0.717, 1.165) is 43.1 Å². The van der Waals surface area contributed by atoms with Crippen LogP contribution in [-0.4, -0.2) is 22.8 Å². The number of ketones is 1. The van der Waals surface area contributed by atoms with E-state index >= 15 is 0 Å². The molecule has 134 valence electrons. The van der Waals surface area contributed by atoms with Gasteiger partial charge in [0.15, 0.2) is 17.8 Å². The summed E-state index contributed by atoms with van der Waals surface area (Å²) in [6, 6.07) is 3.46. The van der Waals surface area contributed by atoms with Gasteiger partial charge in [0.05, 0.1) is 5.56 Å². The molecule has 1 aromatic rings. The van der Waals surface area contributed by atoms with Gasteiger partial charge in [-0.25, -0.2) is 0 Å². The lowest BCUT2D eigenvalue weighted by molar-refractivity contribution is -0.125. The standard InChI is InChI=1S/C21H26O4/c1-4-5-6-7-18(24)19-11-14-16(21(2,3)25-19)10-13-8-9-17(23)15(12-22)20(13)14/h8-9,11-12,14,16,23H,4-7,10H2,1-3H3/t14-,16-/m0/s1. The Labute approximate surface area is 148 Å². The van der Waals surface area contributed by atoms with E-state index in [1.54, 1.807) is 6.07 Å². The molecule has 0 saturated carbocycles. The van der Waals surface area contributed by atoms with Gasteiger partial charge in [-0.05, 0) is 50.0 Å². The van der Waals surface area contributed by atoms with E-state index in [-0.39, 0.29) is 23.4 Å². The van der Waals surface area contributed by atoms with E-state index in [1.807, 2.05) is 26.0 Å². The first-order valence-corrected chi connectivity index (χ1v) is 9.13. The third-order valence-corrected chi connectivity index (χ3v) is 5.56. The first kappa shape index (κ1) is 17.7. The normalized spacial score (nSPS) is 23.2. The number of allylic oxidation sites excluding steroid dienone is 2. The van der Waals surface area contributed by atoms with Gasteiger partial charge >= 0.3 is 0 Å². The van der Waals surface area contributed by atoms with Gasteiger partial charge in [0.2, 0.25) is 0 Å². The van der Waals surface area contributed by atoms with Gasteiger partial charge in [0.1, 0.15) is 11.4 Å². The van der Waals surface area contributed by atoms with E-state index < -0.39 is 5.60 Å². The average molecular weight is 342 g/mol. The smallest absolute Gasteiger partial charge is 0.197 e. The van der Waals surface area contributed by atoms with Gasteiger partial charge in [0, 0.05) is 18.3 Å². The van der Waals surface area contributed by atoms with E-state index in [4.69, 9.17) is 4.74 Å². The van der Waals surface area contributed by atoms with Crippen molar-refractivity contribution in [2.75, 3.05) is 0 Å². The third kappa shape index (κ3) is 3.10. The number of hydrogen-bond acceptors (Lipinski definition) is 4. The van der Waals surface area contributed by atoms with Crippen molar-refractivity contribution >= 4 is 12.1 Å². The highest BCUT2D eigenvalue weighted by Crippen LogP contribution is 2.51. The maximum absolute atomic E-state index is 12.6. The summed E-state index contributed by atoms with van der Waals surface area (Å²) in [6.07, 6.45) is 6.82. The van der Waals surface area contributed by atoms with E-state index in [1.165, 1.54) is 0 Å². The first-order chi connectivity index (χ1) is 11.9. The predicted molar refractivity (Wildman–Crippen MR) is 95.8 cm³/mol. The van der Waals surface area contributed by atoms with Crippen molar-refractivity contribution in [2.45, 2.75) is 64.4 Å². The number of Topliss-reactive ketones (excluding diaryl/α,β-unsaturated/α-hetero) is 1. The molecule has 0 aromatic heterocycles. The molecule has 1 N–H and O–H groups in total. The molecule has 0 saturated heterocycles. The maximum atomic E-state index is 12.6. The molecule has 0 fully saturated rings. The molecule has 0 amide bonds. The summed E-state index contributed by atoms with van der Waals surface area (Å²) in [5, 5.41) is 10.1. The number of unbranched alkanes of at least 4 members (excludes halogenated alkanes) is 2. The van der Waals surface area contributed by atoms with Gasteiger partial charge in [-0.2, -0.15) is 0 Å². The number of phenolic OH excluding ortho intramolecular Hbond substituents is 1. The van der Waals surface area contributed by atoms with Gasteiger partial charge < -0.3 is 9.84 Å². The number of aromatic hydroxyl groups is 1. The minimum absolute atomic E-state index is 0.00270. The van der Waals surface area contributed by atoms with Crippen molar-refractivity contribution in [3.8, 4) is 5.75 Å². The Morgan fingerprint density at radius 2 is 2.12 bits per heavy atom. The Hall–Kier alpha value is -2.10. The van der Waals surface area contributed by atoms with Crippen molar-refractivity contribution in [1.82, 2.24) is 0 Å². The Kier molecular flexibility index (Phi) is 4.72. The lowest BCUT2D eigenvalue weighted by Gasteiger charge is -2.40. The van der Waals surface area contributed by atoms with Crippen LogP contribution in [0.15, 0.2) is 24.0 Å². The number of fused-ring (bicyclic) bond motifs is 3. The fraction of sp³-hybridized carbons (Fsp3) is 0.524. The van der Waals surface area contributed by atoms with Crippen LogP contribution in [0.5, 0.6) is 5.75 Å². The fourth-order valence-electron chi connectivity index (χ4n) is 4.17. The molecule has 25 heavy (non-hydrogen) atoms. The molecule has 4 nitrogen and oxygen atoms in total. The monoisotopic (exact) mass is 342 g/mol. The zero-order chi connectivity index (χ0) is 18.2. The molecule has 0 bridgehead atoms. The zero-order valence-corrected chi connectivity index (χ0v) is 15.2. The number of ether oxygens (including phenoxy) is 1. The van der Waals surface area contributed by atoms with Crippen molar-refractivity contribution in [3.05, 3.63) is 40.7 Å². The number of hydrogen-bond donors (Lipinski definition) is 1. The molecule has 0 spiro atoms. The highest BCUT2D eigenvalue weighted by atomic mass is 16.5. The number of aldehydes is 1. The molecule has 2 aliphatic rings. The summed E-state index contributed by atoms with van der Waals surface area (Å²) in [7, 11) is 0. The molecule has 1 aliphatic heterocycles. The summed E-state index contributed by atoms with van der Waals surface area (Å²) < 4.78 is 6.08. The molecule has 1 aromatic carbocycles.